The molecule has 0 radical (unpaired) electrons. The number of benzene rings is 2. The van der Waals surface area contributed by atoms with E-state index in [1.807, 2.05) is 44.2 Å². The Balaban J connectivity index is 1.43. The summed E-state index contributed by atoms with van der Waals surface area (Å²) in [5.74, 6) is 0.495. The second-order valence-corrected chi connectivity index (χ2v) is 7.96. The van der Waals surface area contributed by atoms with Crippen LogP contribution in [-0.2, 0) is 17.9 Å². The van der Waals surface area contributed by atoms with Gasteiger partial charge < -0.3 is 14.5 Å². The zero-order valence-electron chi connectivity index (χ0n) is 18.7. The highest BCUT2D eigenvalue weighted by Gasteiger charge is 2.26. The standard InChI is InChI=1S/C24H28N4O4/c1-4-27-19-7-5-6-8-20(19)28(24(27)31)16-22(29)25-11-13-26(14-12-25)23(30)18-10-9-17(2)21(15-18)32-3/h5-10,15H,4,11-14,16H2,1-3H3. The fraction of sp³-hybridized carbons (Fsp3) is 0.375. The third-order valence-electron chi connectivity index (χ3n) is 6.11. The van der Waals surface area contributed by atoms with Crippen molar-refractivity contribution < 1.29 is 14.3 Å². The van der Waals surface area contributed by atoms with E-state index in [0.717, 1.165) is 16.6 Å². The molecule has 4 rings (SSSR count). The van der Waals surface area contributed by atoms with Gasteiger partial charge in [0.05, 0.1) is 18.1 Å². The summed E-state index contributed by atoms with van der Waals surface area (Å²) in [5, 5.41) is 0. The SMILES string of the molecule is CCn1c(=O)n(CC(=O)N2CCN(C(=O)c3ccc(C)c(OC)c3)CC2)c2ccccc21. The van der Waals surface area contributed by atoms with Gasteiger partial charge in [-0.2, -0.15) is 0 Å². The van der Waals surface area contributed by atoms with Gasteiger partial charge in [0.2, 0.25) is 5.91 Å². The van der Waals surface area contributed by atoms with Crippen LogP contribution in [0.5, 0.6) is 5.75 Å². The number of hydrogen-bond acceptors (Lipinski definition) is 4. The van der Waals surface area contributed by atoms with Crippen molar-refractivity contribution in [1.82, 2.24) is 18.9 Å². The van der Waals surface area contributed by atoms with Gasteiger partial charge in [-0.25, -0.2) is 4.79 Å². The Labute approximate surface area is 186 Å². The number of para-hydroxylation sites is 2. The minimum absolute atomic E-state index is 0.00451. The Kier molecular flexibility index (Phi) is 6.03. The van der Waals surface area contributed by atoms with Crippen molar-refractivity contribution >= 4 is 22.8 Å². The number of rotatable bonds is 5. The number of methoxy groups -OCH3 is 1. The third kappa shape index (κ3) is 3.88. The molecular formula is C24H28N4O4. The largest absolute Gasteiger partial charge is 0.496 e. The number of nitrogens with zero attached hydrogens (tertiary/aromatic N) is 4. The fourth-order valence-corrected chi connectivity index (χ4v) is 4.26. The summed E-state index contributed by atoms with van der Waals surface area (Å²) in [6, 6.07) is 12.9. The van der Waals surface area contributed by atoms with Crippen molar-refractivity contribution in [2.75, 3.05) is 33.3 Å². The van der Waals surface area contributed by atoms with Crippen LogP contribution in [0.3, 0.4) is 0 Å². The lowest BCUT2D eigenvalue weighted by Crippen LogP contribution is -2.51. The van der Waals surface area contributed by atoms with E-state index in [-0.39, 0.29) is 24.0 Å². The van der Waals surface area contributed by atoms with E-state index in [1.165, 1.54) is 4.57 Å². The molecule has 0 aliphatic carbocycles. The predicted octanol–water partition coefficient (Wildman–Crippen LogP) is 2.12. The average Bonchev–Trinajstić information content (AvgIpc) is 3.09. The minimum atomic E-state index is -0.177. The average molecular weight is 437 g/mol. The molecule has 8 nitrogen and oxygen atoms in total. The van der Waals surface area contributed by atoms with Crippen molar-refractivity contribution in [3.63, 3.8) is 0 Å². The molecule has 1 saturated heterocycles. The van der Waals surface area contributed by atoms with Crippen LogP contribution in [0.2, 0.25) is 0 Å². The molecule has 0 spiro atoms. The van der Waals surface area contributed by atoms with E-state index in [0.29, 0.717) is 44.0 Å². The van der Waals surface area contributed by atoms with Gasteiger partial charge >= 0.3 is 5.69 Å². The maximum atomic E-state index is 13.0. The first-order valence-corrected chi connectivity index (χ1v) is 10.8. The van der Waals surface area contributed by atoms with Crippen molar-refractivity contribution in [1.29, 1.82) is 0 Å². The summed E-state index contributed by atoms with van der Waals surface area (Å²) in [4.78, 5) is 42.1. The fourth-order valence-electron chi connectivity index (χ4n) is 4.26. The van der Waals surface area contributed by atoms with Crippen molar-refractivity contribution in [3.8, 4) is 5.75 Å². The van der Waals surface area contributed by atoms with Gasteiger partial charge in [0, 0.05) is 38.3 Å². The zero-order chi connectivity index (χ0) is 22.8. The van der Waals surface area contributed by atoms with Gasteiger partial charge in [0.25, 0.3) is 5.91 Å². The molecule has 0 bridgehead atoms. The molecule has 1 aromatic heterocycles. The summed E-state index contributed by atoms with van der Waals surface area (Å²) in [6.07, 6.45) is 0. The predicted molar refractivity (Wildman–Crippen MR) is 122 cm³/mol. The summed E-state index contributed by atoms with van der Waals surface area (Å²) >= 11 is 0. The van der Waals surface area contributed by atoms with Gasteiger partial charge in [0.1, 0.15) is 12.3 Å². The lowest BCUT2D eigenvalue weighted by atomic mass is 10.1. The first kappa shape index (κ1) is 21.7. The second-order valence-electron chi connectivity index (χ2n) is 7.96. The van der Waals surface area contributed by atoms with Gasteiger partial charge in [0.15, 0.2) is 0 Å². The molecule has 8 heteroatoms. The van der Waals surface area contributed by atoms with E-state index in [9.17, 15) is 14.4 Å². The quantitative estimate of drug-likeness (QED) is 0.614. The first-order chi connectivity index (χ1) is 15.4. The Hall–Kier alpha value is -3.55. The van der Waals surface area contributed by atoms with Crippen molar-refractivity contribution in [3.05, 3.63) is 64.1 Å². The van der Waals surface area contributed by atoms with E-state index >= 15 is 0 Å². The van der Waals surface area contributed by atoms with Crippen LogP contribution < -0.4 is 10.4 Å². The van der Waals surface area contributed by atoms with Crippen LogP contribution in [0.1, 0.15) is 22.8 Å². The van der Waals surface area contributed by atoms with Crippen LogP contribution in [0.4, 0.5) is 0 Å². The van der Waals surface area contributed by atoms with E-state index < -0.39 is 0 Å². The maximum absolute atomic E-state index is 13.0. The topological polar surface area (TPSA) is 76.8 Å². The molecule has 0 unspecified atom stereocenters. The van der Waals surface area contributed by atoms with Crippen LogP contribution in [0, 0.1) is 6.92 Å². The van der Waals surface area contributed by atoms with Crippen molar-refractivity contribution in [2.45, 2.75) is 26.9 Å². The number of aromatic nitrogens is 2. The molecule has 32 heavy (non-hydrogen) atoms. The van der Waals surface area contributed by atoms with E-state index in [1.54, 1.807) is 33.6 Å². The highest BCUT2D eigenvalue weighted by atomic mass is 16.5. The molecule has 0 atom stereocenters. The van der Waals surface area contributed by atoms with Crippen LogP contribution in [0.25, 0.3) is 11.0 Å². The number of piperazine rings is 1. The number of ether oxygens (including phenoxy) is 1. The summed E-state index contributed by atoms with van der Waals surface area (Å²) < 4.78 is 8.54. The van der Waals surface area contributed by atoms with Crippen LogP contribution >= 0.6 is 0 Å². The molecule has 2 heterocycles. The summed E-state index contributed by atoms with van der Waals surface area (Å²) in [6.45, 7) is 6.17. The first-order valence-electron chi connectivity index (χ1n) is 10.8. The number of fused-ring (bicyclic) bond motifs is 1. The lowest BCUT2D eigenvalue weighted by molar-refractivity contribution is -0.133. The molecule has 1 aliphatic rings. The molecule has 1 fully saturated rings. The Bertz CT molecular complexity index is 1220. The molecule has 2 amide bonds. The molecule has 0 saturated carbocycles. The Morgan fingerprint density at radius 1 is 0.938 bits per heavy atom. The molecule has 0 N–H and O–H groups in total. The van der Waals surface area contributed by atoms with Gasteiger partial charge in [-0.05, 0) is 43.7 Å². The van der Waals surface area contributed by atoms with Crippen LogP contribution in [0.15, 0.2) is 47.3 Å². The Morgan fingerprint density at radius 3 is 2.19 bits per heavy atom. The number of carbonyl (C=O) groups excluding carboxylic acids is 2. The molecular weight excluding hydrogens is 408 g/mol. The maximum Gasteiger partial charge on any atom is 0.329 e. The highest BCUT2D eigenvalue weighted by molar-refractivity contribution is 5.95. The normalized spacial score (nSPS) is 14.1. The summed E-state index contributed by atoms with van der Waals surface area (Å²) in [7, 11) is 1.59. The van der Waals surface area contributed by atoms with Gasteiger partial charge in [-0.3, -0.25) is 18.7 Å². The minimum Gasteiger partial charge on any atom is -0.496 e. The van der Waals surface area contributed by atoms with Gasteiger partial charge in [-0.1, -0.05) is 18.2 Å². The Morgan fingerprint density at radius 2 is 1.56 bits per heavy atom. The lowest BCUT2D eigenvalue weighted by Gasteiger charge is -2.35. The monoisotopic (exact) mass is 436 g/mol. The highest BCUT2D eigenvalue weighted by Crippen LogP contribution is 2.21. The number of hydrogen-bond donors (Lipinski definition) is 0. The van der Waals surface area contributed by atoms with E-state index in [4.69, 9.17) is 4.74 Å². The molecule has 3 aromatic rings. The van der Waals surface area contributed by atoms with Crippen molar-refractivity contribution in [2.24, 2.45) is 0 Å². The zero-order valence-corrected chi connectivity index (χ0v) is 18.7. The molecule has 2 aromatic carbocycles. The van der Waals surface area contributed by atoms with Gasteiger partial charge in [-0.15, -0.1) is 0 Å². The number of aryl methyl sites for hydroxylation is 2. The smallest absolute Gasteiger partial charge is 0.329 e. The second kappa shape index (κ2) is 8.90. The van der Waals surface area contributed by atoms with E-state index in [2.05, 4.69) is 0 Å². The molecule has 1 aliphatic heterocycles. The number of imidazole rings is 1. The number of carbonyl (C=O) groups is 2. The number of amides is 2. The summed E-state index contributed by atoms with van der Waals surface area (Å²) in [5.41, 5.74) is 2.96. The third-order valence-corrected chi connectivity index (χ3v) is 6.11. The van der Waals surface area contributed by atoms with Crippen LogP contribution in [-0.4, -0.2) is 64.0 Å². The molecule has 168 valence electrons.